The van der Waals surface area contributed by atoms with Gasteiger partial charge in [-0.2, -0.15) is 0 Å². The van der Waals surface area contributed by atoms with E-state index >= 15 is 0 Å². The lowest BCUT2D eigenvalue weighted by Gasteiger charge is -2.35. The van der Waals surface area contributed by atoms with E-state index in [1.54, 1.807) is 0 Å². The lowest BCUT2D eigenvalue weighted by Crippen LogP contribution is -2.45. The maximum Gasteiger partial charge on any atom is 0.0349 e. The molecular formula is C14H20Br2N2. The number of piperazine rings is 1. The van der Waals surface area contributed by atoms with Crippen LogP contribution < -0.4 is 5.32 Å². The Balaban J connectivity index is 2.22. The van der Waals surface area contributed by atoms with Gasteiger partial charge >= 0.3 is 0 Å². The quantitative estimate of drug-likeness (QED) is 0.856. The van der Waals surface area contributed by atoms with Crippen molar-refractivity contribution in [2.45, 2.75) is 25.8 Å². The van der Waals surface area contributed by atoms with Crippen LogP contribution in [0.3, 0.4) is 0 Å². The van der Waals surface area contributed by atoms with Crippen LogP contribution in [0, 0.1) is 0 Å². The van der Waals surface area contributed by atoms with E-state index in [2.05, 4.69) is 67.2 Å². The van der Waals surface area contributed by atoms with E-state index in [1.807, 2.05) is 0 Å². The van der Waals surface area contributed by atoms with E-state index in [9.17, 15) is 0 Å². The fraction of sp³-hybridized carbons (Fsp3) is 0.571. The number of hydrogen-bond acceptors (Lipinski definition) is 2. The van der Waals surface area contributed by atoms with Gasteiger partial charge in [0.2, 0.25) is 0 Å². The molecule has 0 radical (unpaired) electrons. The van der Waals surface area contributed by atoms with Gasteiger partial charge in [-0.3, -0.25) is 4.90 Å². The summed E-state index contributed by atoms with van der Waals surface area (Å²) in [5.41, 5.74) is 1.42. The van der Waals surface area contributed by atoms with Crippen LogP contribution in [0.2, 0.25) is 0 Å². The van der Waals surface area contributed by atoms with Gasteiger partial charge in [0, 0.05) is 41.2 Å². The minimum absolute atomic E-state index is 0.547. The molecule has 1 atom stereocenters. The lowest BCUT2D eigenvalue weighted by molar-refractivity contribution is 0.164. The minimum Gasteiger partial charge on any atom is -0.314 e. The predicted octanol–water partition coefficient (Wildman–Crippen LogP) is 3.96. The first kappa shape index (κ1) is 14.5. The van der Waals surface area contributed by atoms with Crippen LogP contribution in [-0.4, -0.2) is 31.1 Å². The van der Waals surface area contributed by atoms with Gasteiger partial charge in [0.25, 0.3) is 0 Å². The third-order valence-electron chi connectivity index (χ3n) is 3.42. The number of rotatable bonds is 4. The van der Waals surface area contributed by atoms with Crippen LogP contribution >= 0.6 is 31.9 Å². The topological polar surface area (TPSA) is 15.3 Å². The first-order chi connectivity index (χ1) is 8.70. The second kappa shape index (κ2) is 7.04. The van der Waals surface area contributed by atoms with Crippen LogP contribution in [-0.2, 0) is 0 Å². The van der Waals surface area contributed by atoms with Crippen LogP contribution in [0.4, 0.5) is 0 Å². The highest BCUT2D eigenvalue weighted by Crippen LogP contribution is 2.30. The second-order valence-electron chi connectivity index (χ2n) is 4.79. The molecule has 1 heterocycles. The highest BCUT2D eigenvalue weighted by atomic mass is 79.9. The summed E-state index contributed by atoms with van der Waals surface area (Å²) in [6, 6.07) is 7.16. The van der Waals surface area contributed by atoms with Crippen molar-refractivity contribution in [3.8, 4) is 0 Å². The van der Waals surface area contributed by atoms with E-state index in [-0.39, 0.29) is 0 Å². The van der Waals surface area contributed by atoms with E-state index in [0.29, 0.717) is 6.04 Å². The molecule has 1 N–H and O–H groups in total. The molecule has 0 unspecified atom stereocenters. The smallest absolute Gasteiger partial charge is 0.0349 e. The highest BCUT2D eigenvalue weighted by Gasteiger charge is 2.21. The summed E-state index contributed by atoms with van der Waals surface area (Å²) in [6.07, 6.45) is 2.45. The number of benzene rings is 1. The zero-order chi connectivity index (χ0) is 13.0. The Bertz CT molecular complexity index is 369. The zero-order valence-electron chi connectivity index (χ0n) is 10.8. The second-order valence-corrected chi connectivity index (χ2v) is 6.62. The number of halogens is 2. The van der Waals surface area contributed by atoms with Crippen LogP contribution in [0.25, 0.3) is 0 Å². The summed E-state index contributed by atoms with van der Waals surface area (Å²) in [6.45, 7) is 6.77. The third-order valence-corrected chi connectivity index (χ3v) is 4.34. The van der Waals surface area contributed by atoms with Crippen LogP contribution in [0.5, 0.6) is 0 Å². The molecule has 0 spiro atoms. The molecule has 1 aliphatic heterocycles. The molecule has 1 aliphatic rings. The summed E-state index contributed by atoms with van der Waals surface area (Å²) >= 11 is 7.19. The van der Waals surface area contributed by atoms with Gasteiger partial charge in [-0.15, -0.1) is 0 Å². The maximum atomic E-state index is 3.60. The molecule has 0 amide bonds. The summed E-state index contributed by atoms with van der Waals surface area (Å²) in [4.78, 5) is 2.61. The Morgan fingerprint density at radius 1 is 1.17 bits per heavy atom. The summed E-state index contributed by atoms with van der Waals surface area (Å²) in [7, 11) is 0. The first-order valence-corrected chi connectivity index (χ1v) is 8.20. The largest absolute Gasteiger partial charge is 0.314 e. The Labute approximate surface area is 126 Å². The number of nitrogens with zero attached hydrogens (tertiary/aromatic N) is 1. The number of nitrogens with one attached hydrogen (secondary N) is 1. The summed E-state index contributed by atoms with van der Waals surface area (Å²) < 4.78 is 2.31. The standard InChI is InChI=1S/C14H20Br2N2/c1-2-3-14(18-6-4-17-5-7-18)11-8-12(15)10-13(16)9-11/h8-10,14,17H,2-7H2,1H3/t14-/m0/s1. The van der Waals surface area contributed by atoms with Gasteiger partial charge in [-0.05, 0) is 30.2 Å². The molecule has 4 heteroatoms. The lowest BCUT2D eigenvalue weighted by atomic mass is 10.00. The van der Waals surface area contributed by atoms with E-state index in [1.165, 1.54) is 18.4 Å². The van der Waals surface area contributed by atoms with Gasteiger partial charge in [0.15, 0.2) is 0 Å². The first-order valence-electron chi connectivity index (χ1n) is 6.61. The third kappa shape index (κ3) is 3.80. The Morgan fingerprint density at radius 2 is 1.78 bits per heavy atom. The minimum atomic E-state index is 0.547. The van der Waals surface area contributed by atoms with Crippen LogP contribution in [0.15, 0.2) is 27.1 Å². The molecule has 1 aromatic rings. The molecule has 1 fully saturated rings. The van der Waals surface area contributed by atoms with Gasteiger partial charge in [-0.25, -0.2) is 0 Å². The Kier molecular flexibility index (Phi) is 5.67. The fourth-order valence-electron chi connectivity index (χ4n) is 2.59. The predicted molar refractivity (Wildman–Crippen MR) is 83.9 cm³/mol. The molecule has 2 nitrogen and oxygen atoms in total. The van der Waals surface area contributed by atoms with E-state index in [4.69, 9.17) is 0 Å². The normalized spacial score (nSPS) is 18.8. The van der Waals surface area contributed by atoms with Crippen molar-refractivity contribution < 1.29 is 0 Å². The van der Waals surface area contributed by atoms with Crippen LogP contribution in [0.1, 0.15) is 31.4 Å². The molecular weight excluding hydrogens is 356 g/mol. The molecule has 18 heavy (non-hydrogen) atoms. The van der Waals surface area contributed by atoms with Crippen molar-refractivity contribution in [3.63, 3.8) is 0 Å². The molecule has 0 bridgehead atoms. The maximum absolute atomic E-state index is 3.60. The molecule has 0 saturated carbocycles. The fourth-order valence-corrected chi connectivity index (χ4v) is 3.92. The molecule has 0 aliphatic carbocycles. The van der Waals surface area contributed by atoms with Gasteiger partial charge in [0.1, 0.15) is 0 Å². The highest BCUT2D eigenvalue weighted by molar-refractivity contribution is 9.11. The van der Waals surface area contributed by atoms with Gasteiger partial charge in [-0.1, -0.05) is 45.2 Å². The van der Waals surface area contributed by atoms with E-state index in [0.717, 1.165) is 35.1 Å². The summed E-state index contributed by atoms with van der Waals surface area (Å²) in [5, 5.41) is 3.43. The SMILES string of the molecule is CCC[C@@H](c1cc(Br)cc(Br)c1)N1CCNCC1. The zero-order valence-corrected chi connectivity index (χ0v) is 13.9. The number of hydrogen-bond donors (Lipinski definition) is 1. The van der Waals surface area contributed by atoms with Crippen molar-refractivity contribution in [1.82, 2.24) is 10.2 Å². The van der Waals surface area contributed by atoms with Crippen molar-refractivity contribution in [1.29, 1.82) is 0 Å². The molecule has 1 aromatic carbocycles. The molecule has 1 saturated heterocycles. The average molecular weight is 376 g/mol. The van der Waals surface area contributed by atoms with Crippen molar-refractivity contribution in [2.75, 3.05) is 26.2 Å². The Hall–Kier alpha value is 0.1000. The summed E-state index contributed by atoms with van der Waals surface area (Å²) in [5.74, 6) is 0. The molecule has 0 aromatic heterocycles. The molecule has 2 rings (SSSR count). The monoisotopic (exact) mass is 374 g/mol. The van der Waals surface area contributed by atoms with Gasteiger partial charge in [0.05, 0.1) is 0 Å². The van der Waals surface area contributed by atoms with Crippen molar-refractivity contribution in [3.05, 3.63) is 32.7 Å². The average Bonchev–Trinajstić information content (AvgIpc) is 2.36. The molecule has 100 valence electrons. The Morgan fingerprint density at radius 3 is 2.33 bits per heavy atom. The van der Waals surface area contributed by atoms with Gasteiger partial charge < -0.3 is 5.32 Å². The van der Waals surface area contributed by atoms with Crippen molar-refractivity contribution in [2.24, 2.45) is 0 Å². The van der Waals surface area contributed by atoms with E-state index < -0.39 is 0 Å². The van der Waals surface area contributed by atoms with Crippen molar-refractivity contribution >= 4 is 31.9 Å².